The van der Waals surface area contributed by atoms with Crippen LogP contribution in [0, 0.1) is 0 Å². The van der Waals surface area contributed by atoms with Gasteiger partial charge in [0, 0.05) is 29.7 Å². The largest absolute Gasteiger partial charge is 0.392 e. The third kappa shape index (κ3) is 3.04. The molecule has 0 aliphatic carbocycles. The number of carbonyl (C=O) groups is 1. The van der Waals surface area contributed by atoms with Gasteiger partial charge >= 0.3 is 6.03 Å². The van der Waals surface area contributed by atoms with Gasteiger partial charge in [-0.2, -0.15) is 0 Å². The number of aliphatic hydroxyl groups is 1. The fourth-order valence-corrected chi connectivity index (χ4v) is 3.43. The van der Waals surface area contributed by atoms with Crippen molar-refractivity contribution < 1.29 is 9.90 Å². The Morgan fingerprint density at radius 1 is 1.07 bits per heavy atom. The van der Waals surface area contributed by atoms with Crippen molar-refractivity contribution in [2.24, 2.45) is 0 Å². The monoisotopic (exact) mass is 360 g/mol. The first-order valence-corrected chi connectivity index (χ1v) is 8.84. The van der Waals surface area contributed by atoms with E-state index in [4.69, 9.17) is 0 Å². The first-order valence-electron chi connectivity index (χ1n) is 8.84. The van der Waals surface area contributed by atoms with Gasteiger partial charge in [-0.05, 0) is 36.8 Å². The Kier molecular flexibility index (Phi) is 4.56. The van der Waals surface area contributed by atoms with Crippen LogP contribution in [0.2, 0.25) is 0 Å². The molecular weight excluding hydrogens is 340 g/mol. The molecule has 0 saturated heterocycles. The predicted octanol–water partition coefficient (Wildman–Crippen LogP) is 3.80. The molecule has 1 unspecified atom stereocenters. The van der Waals surface area contributed by atoms with E-state index >= 15 is 0 Å². The maximum absolute atomic E-state index is 13.5. The van der Waals surface area contributed by atoms with E-state index in [1.807, 2.05) is 60.4 Å². The summed E-state index contributed by atoms with van der Waals surface area (Å²) in [6, 6.07) is 14.8. The van der Waals surface area contributed by atoms with Gasteiger partial charge in [-0.15, -0.1) is 0 Å². The summed E-state index contributed by atoms with van der Waals surface area (Å²) in [6.45, 7) is 2.33. The molecule has 27 heavy (non-hydrogen) atoms. The molecule has 6 heteroatoms. The van der Waals surface area contributed by atoms with Gasteiger partial charge in [-0.3, -0.25) is 4.98 Å². The summed E-state index contributed by atoms with van der Waals surface area (Å²) in [7, 11) is 0. The van der Waals surface area contributed by atoms with Crippen LogP contribution in [0.25, 0.3) is 0 Å². The Morgan fingerprint density at radius 2 is 1.85 bits per heavy atom. The van der Waals surface area contributed by atoms with Gasteiger partial charge in [0.2, 0.25) is 0 Å². The van der Waals surface area contributed by atoms with Crippen LogP contribution < -0.4 is 4.90 Å². The molecule has 0 spiro atoms. The Morgan fingerprint density at radius 3 is 2.63 bits per heavy atom. The average Bonchev–Trinajstić information content (AvgIpc) is 2.73. The van der Waals surface area contributed by atoms with Crippen LogP contribution in [0.15, 0.2) is 67.1 Å². The van der Waals surface area contributed by atoms with Crippen LogP contribution in [0.1, 0.15) is 29.7 Å². The number of urea groups is 1. The number of hydrogen-bond donors (Lipinski definition) is 1. The van der Waals surface area contributed by atoms with Crippen LogP contribution >= 0.6 is 0 Å². The number of para-hydroxylation sites is 1. The standard InChI is InChI=1S/C21H20N4O2/c1-15(16-8-11-22-12-9-16)24-13-17-6-4-10-23-20(17)25(21(24)27)19-7-3-2-5-18(19)14-26/h2-12,15,26H,13-14H2,1H3. The number of nitrogens with zero attached hydrogens (tertiary/aromatic N) is 4. The van der Waals surface area contributed by atoms with Crippen molar-refractivity contribution in [3.05, 3.63) is 83.8 Å². The molecule has 136 valence electrons. The number of amides is 2. The zero-order valence-corrected chi connectivity index (χ0v) is 15.0. The molecule has 0 saturated carbocycles. The van der Waals surface area contributed by atoms with Gasteiger partial charge in [-0.1, -0.05) is 24.3 Å². The number of rotatable bonds is 4. The highest BCUT2D eigenvalue weighted by atomic mass is 16.3. The van der Waals surface area contributed by atoms with Crippen LogP contribution in [0.4, 0.5) is 16.3 Å². The van der Waals surface area contributed by atoms with E-state index in [1.165, 1.54) is 0 Å². The maximum atomic E-state index is 13.5. The number of fused-ring (bicyclic) bond motifs is 1. The van der Waals surface area contributed by atoms with Crippen LogP contribution in [0.3, 0.4) is 0 Å². The van der Waals surface area contributed by atoms with E-state index < -0.39 is 0 Å². The van der Waals surface area contributed by atoms with Gasteiger partial charge in [0.05, 0.1) is 24.9 Å². The lowest BCUT2D eigenvalue weighted by atomic mass is 10.0. The van der Waals surface area contributed by atoms with E-state index in [0.717, 1.165) is 11.1 Å². The number of aromatic nitrogens is 2. The SMILES string of the molecule is CC(c1ccncc1)N1Cc2cccnc2N(c2ccccc2CO)C1=O. The van der Waals surface area contributed by atoms with Gasteiger partial charge in [0.25, 0.3) is 0 Å². The molecule has 6 nitrogen and oxygen atoms in total. The fourth-order valence-electron chi connectivity index (χ4n) is 3.43. The molecule has 1 aliphatic heterocycles. The molecule has 1 aliphatic rings. The Labute approximate surface area is 157 Å². The molecule has 4 rings (SSSR count). The summed E-state index contributed by atoms with van der Waals surface area (Å²) >= 11 is 0. The highest BCUT2D eigenvalue weighted by Crippen LogP contribution is 2.38. The van der Waals surface area contributed by atoms with Crippen LogP contribution in [0.5, 0.6) is 0 Å². The summed E-state index contributed by atoms with van der Waals surface area (Å²) in [5.74, 6) is 0.613. The minimum atomic E-state index is -0.161. The molecule has 0 bridgehead atoms. The molecule has 0 radical (unpaired) electrons. The Bertz CT molecular complexity index is 961. The quantitative estimate of drug-likeness (QED) is 0.768. The minimum Gasteiger partial charge on any atom is -0.392 e. The van der Waals surface area contributed by atoms with Gasteiger partial charge in [0.15, 0.2) is 0 Å². The minimum absolute atomic E-state index is 0.127. The number of hydrogen-bond acceptors (Lipinski definition) is 4. The summed E-state index contributed by atoms with van der Waals surface area (Å²) in [5, 5.41) is 9.76. The molecule has 2 amide bonds. The lowest BCUT2D eigenvalue weighted by Gasteiger charge is -2.39. The van der Waals surface area contributed by atoms with Crippen molar-refractivity contribution in [1.82, 2.24) is 14.9 Å². The van der Waals surface area contributed by atoms with E-state index in [9.17, 15) is 9.90 Å². The second kappa shape index (κ2) is 7.17. The van der Waals surface area contributed by atoms with Crippen molar-refractivity contribution in [3.8, 4) is 0 Å². The number of benzene rings is 1. The molecule has 2 aromatic heterocycles. The van der Waals surface area contributed by atoms with E-state index in [-0.39, 0.29) is 18.7 Å². The number of pyridine rings is 2. The predicted molar refractivity (Wildman–Crippen MR) is 102 cm³/mol. The first-order chi connectivity index (χ1) is 13.2. The normalized spacial score (nSPS) is 14.8. The topological polar surface area (TPSA) is 69.6 Å². The van der Waals surface area contributed by atoms with Crippen molar-refractivity contribution in [2.45, 2.75) is 26.1 Å². The highest BCUT2D eigenvalue weighted by Gasteiger charge is 2.36. The molecule has 1 N–H and O–H groups in total. The number of anilines is 2. The van der Waals surface area contributed by atoms with Crippen LogP contribution in [-0.2, 0) is 13.2 Å². The second-order valence-electron chi connectivity index (χ2n) is 6.48. The van der Waals surface area contributed by atoms with Crippen LogP contribution in [-0.4, -0.2) is 26.0 Å². The Balaban J connectivity index is 1.82. The fraction of sp³-hybridized carbons (Fsp3) is 0.190. The zero-order valence-electron chi connectivity index (χ0n) is 15.0. The third-order valence-electron chi connectivity index (χ3n) is 4.92. The molecule has 1 atom stereocenters. The summed E-state index contributed by atoms with van der Waals surface area (Å²) in [5.41, 5.74) is 3.31. The molecule has 3 aromatic rings. The van der Waals surface area contributed by atoms with Gasteiger partial charge < -0.3 is 10.0 Å². The number of carbonyl (C=O) groups excluding carboxylic acids is 1. The molecule has 1 aromatic carbocycles. The second-order valence-corrected chi connectivity index (χ2v) is 6.48. The van der Waals surface area contributed by atoms with E-state index in [1.54, 1.807) is 23.5 Å². The molecule has 3 heterocycles. The smallest absolute Gasteiger partial charge is 0.331 e. The summed E-state index contributed by atoms with van der Waals surface area (Å²) < 4.78 is 0. The molecule has 0 fully saturated rings. The molecular formula is C21H20N4O2. The highest BCUT2D eigenvalue weighted by molar-refractivity contribution is 6.01. The maximum Gasteiger partial charge on any atom is 0.331 e. The summed E-state index contributed by atoms with van der Waals surface area (Å²) in [6.07, 6.45) is 5.14. The summed E-state index contributed by atoms with van der Waals surface area (Å²) in [4.78, 5) is 25.4. The number of aliphatic hydroxyl groups excluding tert-OH is 1. The average molecular weight is 360 g/mol. The van der Waals surface area contributed by atoms with Crippen molar-refractivity contribution >= 4 is 17.5 Å². The van der Waals surface area contributed by atoms with E-state index in [0.29, 0.717) is 23.6 Å². The lowest BCUT2D eigenvalue weighted by molar-refractivity contribution is 0.180. The van der Waals surface area contributed by atoms with Crippen molar-refractivity contribution in [3.63, 3.8) is 0 Å². The van der Waals surface area contributed by atoms with Gasteiger partial charge in [-0.25, -0.2) is 14.7 Å². The lowest BCUT2D eigenvalue weighted by Crippen LogP contribution is -2.46. The Hall–Kier alpha value is -3.25. The first kappa shape index (κ1) is 17.2. The van der Waals surface area contributed by atoms with Crippen molar-refractivity contribution in [1.29, 1.82) is 0 Å². The van der Waals surface area contributed by atoms with Crippen molar-refractivity contribution in [2.75, 3.05) is 4.90 Å². The van der Waals surface area contributed by atoms with E-state index in [2.05, 4.69) is 9.97 Å². The third-order valence-corrected chi connectivity index (χ3v) is 4.92. The van der Waals surface area contributed by atoms with Gasteiger partial charge in [0.1, 0.15) is 5.82 Å². The zero-order chi connectivity index (χ0) is 18.8.